The normalized spacial score (nSPS) is 10.3. The lowest BCUT2D eigenvalue weighted by atomic mass is 10.1. The van der Waals surface area contributed by atoms with Gasteiger partial charge in [-0.05, 0) is 30.7 Å². The fraction of sp³-hybridized carbons (Fsp3) is 0.231. The van der Waals surface area contributed by atoms with Crippen molar-refractivity contribution in [2.75, 3.05) is 11.9 Å². The van der Waals surface area contributed by atoms with E-state index in [2.05, 4.69) is 10.3 Å². The maximum absolute atomic E-state index is 11.7. The van der Waals surface area contributed by atoms with Crippen LogP contribution < -0.4 is 11.1 Å². The fourth-order valence-corrected chi connectivity index (χ4v) is 2.17. The van der Waals surface area contributed by atoms with Crippen LogP contribution in [0.25, 0.3) is 0 Å². The number of hydrogen-bond donors (Lipinski definition) is 2. The SMILES string of the molecule is NCCc1ccc(NC(=O)Cc2cscn2)cc1. The standard InChI is InChI=1S/C13H15N3OS/c14-6-5-10-1-3-11(4-2-10)16-13(17)7-12-8-18-9-15-12/h1-4,8-9H,5-7,14H2,(H,16,17). The first-order valence-electron chi connectivity index (χ1n) is 5.74. The summed E-state index contributed by atoms with van der Waals surface area (Å²) < 4.78 is 0. The predicted molar refractivity (Wildman–Crippen MR) is 73.6 cm³/mol. The molecule has 0 aliphatic heterocycles. The number of nitrogens with two attached hydrogens (primary N) is 1. The first-order valence-corrected chi connectivity index (χ1v) is 6.68. The summed E-state index contributed by atoms with van der Waals surface area (Å²) in [5, 5.41) is 4.72. The number of aromatic nitrogens is 1. The Morgan fingerprint density at radius 3 is 2.72 bits per heavy atom. The van der Waals surface area contributed by atoms with Gasteiger partial charge in [0.05, 0.1) is 17.6 Å². The Labute approximate surface area is 110 Å². The summed E-state index contributed by atoms with van der Waals surface area (Å²) in [7, 11) is 0. The van der Waals surface area contributed by atoms with Crippen LogP contribution in [0.4, 0.5) is 5.69 Å². The Balaban J connectivity index is 1.90. The summed E-state index contributed by atoms with van der Waals surface area (Å²) in [6.45, 7) is 0.634. The molecule has 0 bridgehead atoms. The van der Waals surface area contributed by atoms with Gasteiger partial charge in [0.25, 0.3) is 0 Å². The zero-order chi connectivity index (χ0) is 12.8. The van der Waals surface area contributed by atoms with Gasteiger partial charge in [0.1, 0.15) is 0 Å². The molecule has 0 saturated heterocycles. The third-order valence-corrected chi connectivity index (χ3v) is 3.13. The van der Waals surface area contributed by atoms with Gasteiger partial charge in [0, 0.05) is 11.1 Å². The zero-order valence-corrected chi connectivity index (χ0v) is 10.7. The Morgan fingerprint density at radius 2 is 2.11 bits per heavy atom. The summed E-state index contributed by atoms with van der Waals surface area (Å²) in [5.74, 6) is -0.0486. The second-order valence-corrected chi connectivity index (χ2v) is 4.66. The van der Waals surface area contributed by atoms with Crippen molar-refractivity contribution in [2.45, 2.75) is 12.8 Å². The highest BCUT2D eigenvalue weighted by Gasteiger charge is 2.05. The third-order valence-electron chi connectivity index (χ3n) is 2.50. The molecular formula is C13H15N3OS. The number of carbonyl (C=O) groups excluding carboxylic acids is 1. The van der Waals surface area contributed by atoms with Crippen LogP contribution in [0.5, 0.6) is 0 Å². The number of rotatable bonds is 5. The number of carbonyl (C=O) groups is 1. The minimum absolute atomic E-state index is 0.0486. The van der Waals surface area contributed by atoms with Crippen LogP contribution in [0.1, 0.15) is 11.3 Å². The average molecular weight is 261 g/mol. The number of nitrogens with one attached hydrogen (secondary N) is 1. The molecule has 1 aromatic heterocycles. The highest BCUT2D eigenvalue weighted by Crippen LogP contribution is 2.11. The van der Waals surface area contributed by atoms with Gasteiger partial charge in [0.15, 0.2) is 0 Å². The predicted octanol–water partition coefficient (Wildman–Crippen LogP) is 1.83. The van der Waals surface area contributed by atoms with Crippen LogP contribution in [0.3, 0.4) is 0 Å². The maximum Gasteiger partial charge on any atom is 0.230 e. The molecule has 1 heterocycles. The van der Waals surface area contributed by atoms with Crippen LogP contribution in [-0.2, 0) is 17.6 Å². The smallest absolute Gasteiger partial charge is 0.230 e. The molecule has 0 fully saturated rings. The van der Waals surface area contributed by atoms with Crippen molar-refractivity contribution in [2.24, 2.45) is 5.73 Å². The lowest BCUT2D eigenvalue weighted by molar-refractivity contribution is -0.115. The van der Waals surface area contributed by atoms with Gasteiger partial charge in [-0.2, -0.15) is 0 Å². The first kappa shape index (κ1) is 12.7. The second-order valence-electron chi connectivity index (χ2n) is 3.94. The minimum Gasteiger partial charge on any atom is -0.330 e. The molecule has 2 rings (SSSR count). The van der Waals surface area contributed by atoms with E-state index in [0.717, 1.165) is 17.8 Å². The molecular weight excluding hydrogens is 246 g/mol. The molecule has 0 aliphatic carbocycles. The molecule has 18 heavy (non-hydrogen) atoms. The average Bonchev–Trinajstić information content (AvgIpc) is 2.84. The van der Waals surface area contributed by atoms with Crippen molar-refractivity contribution in [1.29, 1.82) is 0 Å². The Hall–Kier alpha value is -1.72. The van der Waals surface area contributed by atoms with E-state index in [-0.39, 0.29) is 5.91 Å². The van der Waals surface area contributed by atoms with Gasteiger partial charge in [-0.25, -0.2) is 4.98 Å². The number of hydrogen-bond acceptors (Lipinski definition) is 4. The van der Waals surface area contributed by atoms with E-state index in [9.17, 15) is 4.79 Å². The van der Waals surface area contributed by atoms with Crippen LogP contribution >= 0.6 is 11.3 Å². The van der Waals surface area contributed by atoms with Gasteiger partial charge in [-0.3, -0.25) is 4.79 Å². The summed E-state index contributed by atoms with van der Waals surface area (Å²) in [6.07, 6.45) is 1.17. The van der Waals surface area contributed by atoms with Crippen LogP contribution in [0.15, 0.2) is 35.2 Å². The Kier molecular flexibility index (Phi) is 4.44. The number of anilines is 1. The maximum atomic E-state index is 11.7. The van der Waals surface area contributed by atoms with Gasteiger partial charge in [-0.1, -0.05) is 12.1 Å². The summed E-state index contributed by atoms with van der Waals surface area (Å²) >= 11 is 1.49. The number of nitrogens with zero attached hydrogens (tertiary/aromatic N) is 1. The fourth-order valence-electron chi connectivity index (χ4n) is 1.62. The summed E-state index contributed by atoms with van der Waals surface area (Å²) in [5.41, 5.74) is 9.99. The van der Waals surface area contributed by atoms with E-state index < -0.39 is 0 Å². The molecule has 0 saturated carbocycles. The monoisotopic (exact) mass is 261 g/mol. The molecule has 5 heteroatoms. The topological polar surface area (TPSA) is 68.0 Å². The molecule has 0 unspecified atom stereocenters. The molecule has 1 aromatic carbocycles. The van der Waals surface area contributed by atoms with Crippen molar-refractivity contribution in [3.05, 3.63) is 46.4 Å². The lowest BCUT2D eigenvalue weighted by Gasteiger charge is -2.05. The lowest BCUT2D eigenvalue weighted by Crippen LogP contribution is -2.14. The van der Waals surface area contributed by atoms with Crippen molar-refractivity contribution >= 4 is 22.9 Å². The largest absolute Gasteiger partial charge is 0.330 e. The van der Waals surface area contributed by atoms with Crippen molar-refractivity contribution in [1.82, 2.24) is 4.98 Å². The van der Waals surface area contributed by atoms with Crippen LogP contribution in [-0.4, -0.2) is 17.4 Å². The quantitative estimate of drug-likeness (QED) is 0.862. The molecule has 4 nitrogen and oxygen atoms in total. The Bertz CT molecular complexity index is 493. The van der Waals surface area contributed by atoms with E-state index in [1.807, 2.05) is 29.6 Å². The van der Waals surface area contributed by atoms with E-state index in [1.165, 1.54) is 16.9 Å². The van der Waals surface area contributed by atoms with E-state index in [1.54, 1.807) is 5.51 Å². The van der Waals surface area contributed by atoms with Gasteiger partial charge >= 0.3 is 0 Å². The third kappa shape index (κ3) is 3.65. The number of amides is 1. The highest BCUT2D eigenvalue weighted by atomic mass is 32.1. The van der Waals surface area contributed by atoms with Crippen molar-refractivity contribution in [3.63, 3.8) is 0 Å². The molecule has 0 spiro atoms. The molecule has 0 radical (unpaired) electrons. The molecule has 94 valence electrons. The second kappa shape index (κ2) is 6.28. The van der Waals surface area contributed by atoms with Gasteiger partial charge in [-0.15, -0.1) is 11.3 Å². The van der Waals surface area contributed by atoms with Gasteiger partial charge in [0.2, 0.25) is 5.91 Å². The van der Waals surface area contributed by atoms with E-state index in [4.69, 9.17) is 5.73 Å². The van der Waals surface area contributed by atoms with Crippen LogP contribution in [0.2, 0.25) is 0 Å². The molecule has 2 aromatic rings. The van der Waals surface area contributed by atoms with Gasteiger partial charge < -0.3 is 11.1 Å². The molecule has 0 atom stereocenters. The molecule has 0 aliphatic rings. The minimum atomic E-state index is -0.0486. The van der Waals surface area contributed by atoms with Crippen molar-refractivity contribution in [3.8, 4) is 0 Å². The number of thiazole rings is 1. The Morgan fingerprint density at radius 1 is 1.33 bits per heavy atom. The molecule has 3 N–H and O–H groups in total. The van der Waals surface area contributed by atoms with Crippen LogP contribution in [0, 0.1) is 0 Å². The van der Waals surface area contributed by atoms with E-state index >= 15 is 0 Å². The van der Waals surface area contributed by atoms with Crippen molar-refractivity contribution < 1.29 is 4.79 Å². The highest BCUT2D eigenvalue weighted by molar-refractivity contribution is 7.07. The molecule has 1 amide bonds. The summed E-state index contributed by atoms with van der Waals surface area (Å²) in [4.78, 5) is 15.8. The first-order chi connectivity index (χ1) is 8.78. The summed E-state index contributed by atoms with van der Waals surface area (Å²) in [6, 6.07) is 7.74. The zero-order valence-electron chi connectivity index (χ0n) is 9.93. The number of benzene rings is 1. The van der Waals surface area contributed by atoms with E-state index in [0.29, 0.717) is 13.0 Å².